The summed E-state index contributed by atoms with van der Waals surface area (Å²) in [6, 6.07) is 19.0. The highest BCUT2D eigenvalue weighted by Crippen LogP contribution is 2.27. The van der Waals surface area contributed by atoms with Gasteiger partial charge in [-0.3, -0.25) is 9.89 Å². The Kier molecular flexibility index (Phi) is 6.12. The van der Waals surface area contributed by atoms with Crippen LogP contribution < -0.4 is 10.2 Å². The van der Waals surface area contributed by atoms with Crippen LogP contribution in [0.25, 0.3) is 16.9 Å². The first-order valence-electron chi connectivity index (χ1n) is 10.3. The number of aromatic amines is 1. The van der Waals surface area contributed by atoms with E-state index >= 15 is 0 Å². The number of nitrogens with one attached hydrogen (secondary N) is 2. The molecule has 2 heterocycles. The van der Waals surface area contributed by atoms with E-state index in [4.69, 9.17) is 4.74 Å². The summed E-state index contributed by atoms with van der Waals surface area (Å²) in [5.41, 5.74) is 7.97. The van der Waals surface area contributed by atoms with E-state index in [2.05, 4.69) is 25.8 Å². The summed E-state index contributed by atoms with van der Waals surface area (Å²) in [6.07, 6.45) is 1.57. The number of aryl methyl sites for hydroxylation is 1. The highest BCUT2D eigenvalue weighted by Gasteiger charge is 2.18. The standard InChI is InChI=1S/C24H24N6O2/c1-4-32-20-12-10-18(11-13-20)15-25-28-24(31)22-14-21(26-27-22)23-16(2)29-30(17(23)3)19-8-6-5-7-9-19/h5-15H,4H2,1-3H3,(H,26,27)(H,28,31)/b25-15+. The third kappa shape index (κ3) is 4.44. The molecule has 0 bridgehead atoms. The number of hydrogen-bond acceptors (Lipinski definition) is 5. The Hall–Kier alpha value is -4.20. The Morgan fingerprint density at radius 1 is 1.16 bits per heavy atom. The average molecular weight is 428 g/mol. The summed E-state index contributed by atoms with van der Waals surface area (Å²) in [7, 11) is 0. The summed E-state index contributed by atoms with van der Waals surface area (Å²) < 4.78 is 7.29. The Labute approximate surface area is 185 Å². The van der Waals surface area contributed by atoms with Gasteiger partial charge in [0.05, 0.1) is 35.6 Å². The second kappa shape index (κ2) is 9.30. The van der Waals surface area contributed by atoms with Gasteiger partial charge < -0.3 is 4.74 Å². The van der Waals surface area contributed by atoms with Crippen molar-refractivity contribution in [2.24, 2.45) is 5.10 Å². The third-order valence-corrected chi connectivity index (χ3v) is 4.94. The smallest absolute Gasteiger partial charge is 0.289 e. The van der Waals surface area contributed by atoms with Crippen molar-refractivity contribution in [2.45, 2.75) is 20.8 Å². The van der Waals surface area contributed by atoms with E-state index in [1.165, 1.54) is 0 Å². The molecule has 0 fully saturated rings. The fraction of sp³-hybridized carbons (Fsp3) is 0.167. The van der Waals surface area contributed by atoms with E-state index in [0.717, 1.165) is 34.0 Å². The first-order valence-corrected chi connectivity index (χ1v) is 10.3. The highest BCUT2D eigenvalue weighted by molar-refractivity contribution is 5.94. The van der Waals surface area contributed by atoms with E-state index < -0.39 is 0 Å². The van der Waals surface area contributed by atoms with Gasteiger partial charge in [0.15, 0.2) is 0 Å². The zero-order chi connectivity index (χ0) is 22.5. The Bertz CT molecular complexity index is 1240. The van der Waals surface area contributed by atoms with Gasteiger partial charge in [-0.15, -0.1) is 0 Å². The molecule has 8 nitrogen and oxygen atoms in total. The van der Waals surface area contributed by atoms with E-state index in [9.17, 15) is 4.79 Å². The fourth-order valence-electron chi connectivity index (χ4n) is 3.44. The van der Waals surface area contributed by atoms with Gasteiger partial charge in [0.2, 0.25) is 0 Å². The Morgan fingerprint density at radius 3 is 2.62 bits per heavy atom. The molecular weight excluding hydrogens is 404 g/mol. The van der Waals surface area contributed by atoms with Crippen LogP contribution in [-0.4, -0.2) is 38.7 Å². The molecule has 2 aromatic heterocycles. The number of ether oxygens (including phenoxy) is 1. The lowest BCUT2D eigenvalue weighted by molar-refractivity contribution is 0.0950. The molecule has 0 saturated heterocycles. The van der Waals surface area contributed by atoms with Gasteiger partial charge in [0.1, 0.15) is 11.4 Å². The first kappa shape index (κ1) is 21.0. The molecule has 2 N–H and O–H groups in total. The second-order valence-corrected chi connectivity index (χ2v) is 7.16. The fourth-order valence-corrected chi connectivity index (χ4v) is 3.44. The van der Waals surface area contributed by atoms with Crippen molar-refractivity contribution < 1.29 is 9.53 Å². The number of amides is 1. The van der Waals surface area contributed by atoms with E-state index in [1.807, 2.05) is 80.1 Å². The lowest BCUT2D eigenvalue weighted by Crippen LogP contribution is -2.18. The summed E-state index contributed by atoms with van der Waals surface area (Å²) in [5, 5.41) is 15.8. The molecule has 0 saturated carbocycles. The molecule has 0 spiro atoms. The number of carbonyl (C=O) groups is 1. The van der Waals surface area contributed by atoms with Crippen LogP contribution >= 0.6 is 0 Å². The van der Waals surface area contributed by atoms with E-state index in [0.29, 0.717) is 18.0 Å². The van der Waals surface area contributed by atoms with Crippen molar-refractivity contribution in [1.82, 2.24) is 25.4 Å². The minimum atomic E-state index is -0.378. The molecule has 1 amide bonds. The minimum absolute atomic E-state index is 0.315. The van der Waals surface area contributed by atoms with Crippen molar-refractivity contribution in [3.63, 3.8) is 0 Å². The molecule has 162 valence electrons. The predicted molar refractivity (Wildman–Crippen MR) is 123 cm³/mol. The number of hydrogen-bond donors (Lipinski definition) is 2. The molecule has 0 radical (unpaired) electrons. The second-order valence-electron chi connectivity index (χ2n) is 7.16. The normalized spacial score (nSPS) is 11.1. The minimum Gasteiger partial charge on any atom is -0.494 e. The Balaban J connectivity index is 1.47. The molecule has 0 unspecified atom stereocenters. The highest BCUT2D eigenvalue weighted by atomic mass is 16.5. The van der Waals surface area contributed by atoms with Crippen LogP contribution in [0.2, 0.25) is 0 Å². The number of H-pyrrole nitrogens is 1. The number of benzene rings is 2. The predicted octanol–water partition coefficient (Wildman–Crippen LogP) is 4.04. The number of hydrazone groups is 1. The average Bonchev–Trinajstić information content (AvgIpc) is 3.40. The van der Waals surface area contributed by atoms with E-state index in [-0.39, 0.29) is 5.91 Å². The first-order chi connectivity index (χ1) is 15.6. The van der Waals surface area contributed by atoms with Crippen molar-refractivity contribution >= 4 is 12.1 Å². The summed E-state index contributed by atoms with van der Waals surface area (Å²) in [5.74, 6) is 0.413. The van der Waals surface area contributed by atoms with Gasteiger partial charge in [-0.05, 0) is 68.8 Å². The van der Waals surface area contributed by atoms with E-state index in [1.54, 1.807) is 12.3 Å². The van der Waals surface area contributed by atoms with Crippen LogP contribution in [0.15, 0.2) is 65.8 Å². The maximum atomic E-state index is 12.5. The molecule has 0 aliphatic heterocycles. The topological polar surface area (TPSA) is 97.2 Å². The zero-order valence-corrected chi connectivity index (χ0v) is 18.2. The number of aromatic nitrogens is 4. The quantitative estimate of drug-likeness (QED) is 0.343. The van der Waals surface area contributed by atoms with Gasteiger partial charge in [0.25, 0.3) is 5.91 Å². The molecule has 0 aliphatic rings. The molecule has 4 rings (SSSR count). The summed E-state index contributed by atoms with van der Waals surface area (Å²) >= 11 is 0. The maximum absolute atomic E-state index is 12.5. The largest absolute Gasteiger partial charge is 0.494 e. The van der Waals surface area contributed by atoms with Gasteiger partial charge >= 0.3 is 0 Å². The number of rotatable bonds is 7. The van der Waals surface area contributed by atoms with Crippen LogP contribution in [-0.2, 0) is 0 Å². The summed E-state index contributed by atoms with van der Waals surface area (Å²) in [4.78, 5) is 12.5. The SMILES string of the molecule is CCOc1ccc(/C=N/NC(=O)c2cc(-c3c(C)nn(-c4ccccc4)c3C)n[nH]2)cc1. The van der Waals surface area contributed by atoms with Crippen LogP contribution in [0.1, 0.15) is 34.4 Å². The van der Waals surface area contributed by atoms with Gasteiger partial charge in [-0.25, -0.2) is 10.1 Å². The van der Waals surface area contributed by atoms with Crippen LogP contribution in [0.4, 0.5) is 0 Å². The summed E-state index contributed by atoms with van der Waals surface area (Å²) in [6.45, 7) is 6.46. The molecule has 4 aromatic rings. The van der Waals surface area contributed by atoms with Crippen molar-refractivity contribution in [1.29, 1.82) is 0 Å². The molecular formula is C24H24N6O2. The molecule has 0 atom stereocenters. The van der Waals surface area contributed by atoms with Crippen LogP contribution in [0, 0.1) is 13.8 Å². The number of carbonyl (C=O) groups excluding carboxylic acids is 1. The third-order valence-electron chi connectivity index (χ3n) is 4.94. The van der Waals surface area contributed by atoms with Crippen molar-refractivity contribution in [3.8, 4) is 22.7 Å². The zero-order valence-electron chi connectivity index (χ0n) is 18.2. The molecule has 8 heteroatoms. The molecule has 2 aromatic carbocycles. The van der Waals surface area contributed by atoms with Crippen LogP contribution in [0.3, 0.4) is 0 Å². The van der Waals surface area contributed by atoms with Crippen molar-refractivity contribution in [2.75, 3.05) is 6.61 Å². The van der Waals surface area contributed by atoms with Gasteiger partial charge in [-0.2, -0.15) is 15.3 Å². The number of para-hydroxylation sites is 1. The molecule has 0 aliphatic carbocycles. The van der Waals surface area contributed by atoms with Gasteiger partial charge in [0, 0.05) is 5.56 Å². The lowest BCUT2D eigenvalue weighted by atomic mass is 10.1. The lowest BCUT2D eigenvalue weighted by Gasteiger charge is -2.04. The Morgan fingerprint density at radius 2 is 1.91 bits per heavy atom. The van der Waals surface area contributed by atoms with Crippen LogP contribution in [0.5, 0.6) is 5.75 Å². The van der Waals surface area contributed by atoms with Crippen molar-refractivity contribution in [3.05, 3.63) is 83.3 Å². The maximum Gasteiger partial charge on any atom is 0.289 e. The number of nitrogens with zero attached hydrogens (tertiary/aromatic N) is 4. The monoisotopic (exact) mass is 428 g/mol. The van der Waals surface area contributed by atoms with Gasteiger partial charge in [-0.1, -0.05) is 18.2 Å². The molecule has 32 heavy (non-hydrogen) atoms.